The molecule has 0 aliphatic carbocycles. The van der Waals surface area contributed by atoms with Gasteiger partial charge in [0.05, 0.1) is 12.9 Å². The number of rotatable bonds is 1. The summed E-state index contributed by atoms with van der Waals surface area (Å²) in [6, 6.07) is 0. The van der Waals surface area contributed by atoms with Gasteiger partial charge in [-0.2, -0.15) is 0 Å². The molecule has 0 bridgehead atoms. The Bertz CT molecular complexity index is 189. The van der Waals surface area contributed by atoms with Gasteiger partial charge in [0.25, 0.3) is 0 Å². The molecule has 0 aromatic carbocycles. The molecule has 2 rings (SSSR count). The highest BCUT2D eigenvalue weighted by atomic mass is 16.5. The predicted octanol–water partition coefficient (Wildman–Crippen LogP) is 0.914. The average molecular weight is 138 g/mol. The summed E-state index contributed by atoms with van der Waals surface area (Å²) in [4.78, 5) is 7.04. The molecule has 0 radical (unpaired) electrons. The van der Waals surface area contributed by atoms with Crippen LogP contribution in [0.3, 0.4) is 0 Å². The third-order valence-corrected chi connectivity index (χ3v) is 1.89. The number of ether oxygens (including phenoxy) is 1. The van der Waals surface area contributed by atoms with E-state index in [9.17, 15) is 0 Å². The van der Waals surface area contributed by atoms with Crippen molar-refractivity contribution < 1.29 is 4.74 Å². The molecular formula is C7H10N2O. The lowest BCUT2D eigenvalue weighted by Gasteiger charge is -2.00. The molecule has 0 amide bonds. The molecule has 1 aromatic rings. The maximum absolute atomic E-state index is 5.23. The van der Waals surface area contributed by atoms with Crippen LogP contribution in [0.15, 0.2) is 12.5 Å². The molecule has 1 aromatic heterocycles. The molecule has 1 saturated heterocycles. The van der Waals surface area contributed by atoms with E-state index in [0.29, 0.717) is 5.92 Å². The number of imidazole rings is 1. The zero-order chi connectivity index (χ0) is 6.81. The van der Waals surface area contributed by atoms with Crippen molar-refractivity contribution in [3.05, 3.63) is 18.2 Å². The highest BCUT2D eigenvalue weighted by Crippen LogP contribution is 2.22. The van der Waals surface area contributed by atoms with E-state index >= 15 is 0 Å². The molecule has 1 unspecified atom stereocenters. The average Bonchev–Trinajstić information content (AvgIpc) is 2.59. The van der Waals surface area contributed by atoms with Crippen molar-refractivity contribution in [3.63, 3.8) is 0 Å². The lowest BCUT2D eigenvalue weighted by atomic mass is 10.1. The van der Waals surface area contributed by atoms with Gasteiger partial charge in [-0.3, -0.25) is 0 Å². The van der Waals surface area contributed by atoms with E-state index in [1.54, 1.807) is 6.33 Å². The number of aromatic nitrogens is 2. The minimum Gasteiger partial charge on any atom is -0.381 e. The van der Waals surface area contributed by atoms with Gasteiger partial charge in [0.15, 0.2) is 0 Å². The number of nitrogens with zero attached hydrogens (tertiary/aromatic N) is 1. The van der Waals surface area contributed by atoms with E-state index in [2.05, 4.69) is 9.97 Å². The minimum absolute atomic E-state index is 0.558. The molecular weight excluding hydrogens is 128 g/mol. The summed E-state index contributed by atoms with van der Waals surface area (Å²) in [5.74, 6) is 0.558. The van der Waals surface area contributed by atoms with E-state index in [1.807, 2.05) is 6.20 Å². The highest BCUT2D eigenvalue weighted by Gasteiger charge is 2.18. The second-order valence-corrected chi connectivity index (χ2v) is 2.57. The van der Waals surface area contributed by atoms with Crippen molar-refractivity contribution in [2.45, 2.75) is 12.3 Å². The first-order valence-corrected chi connectivity index (χ1v) is 3.53. The summed E-state index contributed by atoms with van der Waals surface area (Å²) >= 11 is 0. The van der Waals surface area contributed by atoms with Crippen molar-refractivity contribution in [1.29, 1.82) is 0 Å². The summed E-state index contributed by atoms with van der Waals surface area (Å²) in [5, 5.41) is 0. The molecule has 0 spiro atoms. The topological polar surface area (TPSA) is 37.9 Å². The number of nitrogens with one attached hydrogen (secondary N) is 1. The van der Waals surface area contributed by atoms with Gasteiger partial charge in [-0.1, -0.05) is 0 Å². The maximum atomic E-state index is 5.23. The van der Waals surface area contributed by atoms with Gasteiger partial charge in [0, 0.05) is 24.4 Å². The van der Waals surface area contributed by atoms with Crippen molar-refractivity contribution >= 4 is 0 Å². The fourth-order valence-corrected chi connectivity index (χ4v) is 1.27. The van der Waals surface area contributed by atoms with E-state index in [0.717, 1.165) is 19.6 Å². The van der Waals surface area contributed by atoms with Gasteiger partial charge >= 0.3 is 0 Å². The van der Waals surface area contributed by atoms with Gasteiger partial charge in [-0.25, -0.2) is 4.98 Å². The molecule has 1 N–H and O–H groups in total. The summed E-state index contributed by atoms with van der Waals surface area (Å²) in [7, 11) is 0. The number of hydrogen-bond donors (Lipinski definition) is 1. The summed E-state index contributed by atoms with van der Waals surface area (Å²) < 4.78 is 5.23. The lowest BCUT2D eigenvalue weighted by molar-refractivity contribution is 0.193. The van der Waals surface area contributed by atoms with Crippen molar-refractivity contribution in [3.8, 4) is 0 Å². The van der Waals surface area contributed by atoms with Gasteiger partial charge in [-0.15, -0.1) is 0 Å². The van der Waals surface area contributed by atoms with E-state index in [-0.39, 0.29) is 0 Å². The standard InChI is InChI=1S/C7H10N2O/c1-2-10-4-6(1)7-3-8-5-9-7/h3,5-6H,1-2,4H2,(H,8,9). The second kappa shape index (κ2) is 2.42. The smallest absolute Gasteiger partial charge is 0.0921 e. The van der Waals surface area contributed by atoms with E-state index < -0.39 is 0 Å². The monoisotopic (exact) mass is 138 g/mol. The fourth-order valence-electron chi connectivity index (χ4n) is 1.27. The maximum Gasteiger partial charge on any atom is 0.0921 e. The van der Waals surface area contributed by atoms with Crippen molar-refractivity contribution in [2.24, 2.45) is 0 Å². The van der Waals surface area contributed by atoms with Gasteiger partial charge in [0.1, 0.15) is 0 Å². The van der Waals surface area contributed by atoms with Crippen LogP contribution in [0, 0.1) is 0 Å². The van der Waals surface area contributed by atoms with Crippen LogP contribution in [-0.2, 0) is 4.74 Å². The first-order chi connectivity index (χ1) is 4.97. The molecule has 3 heteroatoms. The molecule has 1 aliphatic rings. The normalized spacial score (nSPS) is 25.4. The zero-order valence-corrected chi connectivity index (χ0v) is 5.71. The Morgan fingerprint density at radius 2 is 2.70 bits per heavy atom. The van der Waals surface area contributed by atoms with Crippen LogP contribution in [0.5, 0.6) is 0 Å². The summed E-state index contributed by atoms with van der Waals surface area (Å²) in [6.07, 6.45) is 4.72. The van der Waals surface area contributed by atoms with Crippen LogP contribution in [-0.4, -0.2) is 23.2 Å². The van der Waals surface area contributed by atoms with Gasteiger partial charge < -0.3 is 9.72 Å². The number of hydrogen-bond acceptors (Lipinski definition) is 2. The lowest BCUT2D eigenvalue weighted by Crippen LogP contribution is -1.96. The largest absolute Gasteiger partial charge is 0.381 e. The molecule has 1 atom stereocenters. The zero-order valence-electron chi connectivity index (χ0n) is 5.71. The Labute approximate surface area is 59.4 Å². The van der Waals surface area contributed by atoms with Crippen LogP contribution >= 0.6 is 0 Å². The van der Waals surface area contributed by atoms with Crippen LogP contribution < -0.4 is 0 Å². The van der Waals surface area contributed by atoms with Crippen molar-refractivity contribution in [2.75, 3.05) is 13.2 Å². The molecule has 3 nitrogen and oxygen atoms in total. The minimum atomic E-state index is 0.558. The van der Waals surface area contributed by atoms with Crippen LogP contribution in [0.2, 0.25) is 0 Å². The third kappa shape index (κ3) is 0.926. The van der Waals surface area contributed by atoms with Gasteiger partial charge in [-0.05, 0) is 6.42 Å². The van der Waals surface area contributed by atoms with Gasteiger partial charge in [0.2, 0.25) is 0 Å². The Morgan fingerprint density at radius 1 is 1.70 bits per heavy atom. The quantitative estimate of drug-likeness (QED) is 0.626. The fraction of sp³-hybridized carbons (Fsp3) is 0.571. The molecule has 1 aliphatic heterocycles. The summed E-state index contributed by atoms with van der Waals surface area (Å²) in [6.45, 7) is 1.74. The Hall–Kier alpha value is -0.830. The Balaban J connectivity index is 2.12. The van der Waals surface area contributed by atoms with Crippen LogP contribution in [0.25, 0.3) is 0 Å². The van der Waals surface area contributed by atoms with Crippen LogP contribution in [0.4, 0.5) is 0 Å². The van der Waals surface area contributed by atoms with Crippen molar-refractivity contribution in [1.82, 2.24) is 9.97 Å². The Kier molecular flexibility index (Phi) is 1.43. The van der Waals surface area contributed by atoms with E-state index in [4.69, 9.17) is 4.74 Å². The molecule has 0 saturated carbocycles. The predicted molar refractivity (Wildman–Crippen MR) is 36.8 cm³/mol. The highest BCUT2D eigenvalue weighted by molar-refractivity contribution is 5.04. The molecule has 2 heterocycles. The third-order valence-electron chi connectivity index (χ3n) is 1.89. The second-order valence-electron chi connectivity index (χ2n) is 2.57. The molecule has 1 fully saturated rings. The number of H-pyrrole nitrogens is 1. The first kappa shape index (κ1) is 5.92. The Morgan fingerprint density at radius 3 is 3.30 bits per heavy atom. The first-order valence-electron chi connectivity index (χ1n) is 3.53. The van der Waals surface area contributed by atoms with E-state index in [1.165, 1.54) is 5.69 Å². The SMILES string of the molecule is c1ncc(C2CCOC2)[nH]1. The molecule has 54 valence electrons. The summed E-state index contributed by atoms with van der Waals surface area (Å²) in [5.41, 5.74) is 1.21. The van der Waals surface area contributed by atoms with Crippen LogP contribution in [0.1, 0.15) is 18.0 Å². The molecule has 10 heavy (non-hydrogen) atoms. The number of aromatic amines is 1.